The number of nitrogens with one attached hydrogen (secondary N) is 2. The minimum atomic E-state index is -0.552. The van der Waals surface area contributed by atoms with Gasteiger partial charge < -0.3 is 35.1 Å². The molecule has 4 atom stereocenters. The predicted octanol–water partition coefficient (Wildman–Crippen LogP) is 8.48. The molecular weight excluding hydrogens is 649 g/mol. The van der Waals surface area contributed by atoms with E-state index < -0.39 is 6.29 Å². The fourth-order valence-corrected chi connectivity index (χ4v) is 6.77. The van der Waals surface area contributed by atoms with E-state index in [4.69, 9.17) is 14.2 Å². The van der Waals surface area contributed by atoms with Gasteiger partial charge in [0.1, 0.15) is 11.5 Å². The summed E-state index contributed by atoms with van der Waals surface area (Å²) in [5.41, 5.74) is 6.52. The fraction of sp³-hybridized carbons (Fsp3) is 0.244. The zero-order chi connectivity index (χ0) is 34.7. The van der Waals surface area contributed by atoms with E-state index in [2.05, 4.69) is 35.8 Å². The first-order valence-corrected chi connectivity index (χ1v) is 17.9. The second-order valence-corrected chi connectivity index (χ2v) is 13.3. The molecule has 0 spiro atoms. The molecular formula is C41H42N2O6S. The van der Waals surface area contributed by atoms with Gasteiger partial charge in [0, 0.05) is 35.2 Å². The maximum Gasteiger partial charge on any atom is 0.319 e. The van der Waals surface area contributed by atoms with E-state index in [0.717, 1.165) is 44.9 Å². The first-order valence-electron chi connectivity index (χ1n) is 16.8. The molecule has 0 unspecified atom stereocenters. The van der Waals surface area contributed by atoms with E-state index in [1.807, 2.05) is 97.1 Å². The number of carbonyl (C=O) groups excluding carboxylic acids is 1. The van der Waals surface area contributed by atoms with Crippen molar-refractivity contribution in [3.05, 3.63) is 150 Å². The molecule has 1 aliphatic heterocycles. The summed E-state index contributed by atoms with van der Waals surface area (Å²) < 4.78 is 18.9. The van der Waals surface area contributed by atoms with Crippen molar-refractivity contribution in [2.45, 2.75) is 38.6 Å². The zero-order valence-electron chi connectivity index (χ0n) is 27.9. The van der Waals surface area contributed by atoms with E-state index in [-0.39, 0.29) is 37.4 Å². The molecule has 6 rings (SSSR count). The fourth-order valence-electron chi connectivity index (χ4n) is 5.86. The van der Waals surface area contributed by atoms with Crippen LogP contribution in [0.15, 0.2) is 127 Å². The van der Waals surface area contributed by atoms with Crippen LogP contribution in [-0.2, 0) is 22.6 Å². The molecule has 1 fully saturated rings. The van der Waals surface area contributed by atoms with Gasteiger partial charge in [-0.15, -0.1) is 0 Å². The lowest BCUT2D eigenvalue weighted by molar-refractivity contribution is -0.268. The highest BCUT2D eigenvalue weighted by molar-refractivity contribution is 7.99. The van der Waals surface area contributed by atoms with Crippen LogP contribution in [0.5, 0.6) is 11.5 Å². The molecule has 9 heteroatoms. The standard InChI is InChI=1S/C41H42N2O6S/c1-28-38(27-50-23-22-44)48-40(49-39(28)32-12-10-29(26-45)11-13-32)33-16-14-31(15-17-33)34-7-5-6-30(24-34)25-42-41(46)43-35-18-20-37(21-19-35)47-36-8-3-2-4-9-36/h2-21,24,28,38-40,44-45H,22-23,25-27H2,1H3,(H2,42,43,46)/t28-,38+,39+,40+/m1/s1. The third kappa shape index (κ3) is 9.32. The number of amides is 2. The number of para-hydroxylation sites is 1. The summed E-state index contributed by atoms with van der Waals surface area (Å²) in [5.74, 6) is 2.93. The SMILES string of the molecule is C[C@@H]1[C@H](CSCCO)O[C@H](c2ccc(-c3cccc(CNC(=O)Nc4ccc(Oc5ccccc5)cc4)c3)cc2)O[C@@H]1c1ccc(CO)cc1. The van der Waals surface area contributed by atoms with Crippen molar-refractivity contribution >= 4 is 23.5 Å². The quantitative estimate of drug-likeness (QED) is 0.0918. The Morgan fingerprint density at radius 1 is 0.760 bits per heavy atom. The minimum absolute atomic E-state index is 0.00374. The normalized spacial score (nSPS) is 18.7. The van der Waals surface area contributed by atoms with Gasteiger partial charge in [-0.3, -0.25) is 0 Å². The molecule has 2 amide bonds. The summed E-state index contributed by atoms with van der Waals surface area (Å²) in [6.45, 7) is 2.63. The highest BCUT2D eigenvalue weighted by atomic mass is 32.2. The maximum atomic E-state index is 12.7. The number of benzene rings is 5. The second-order valence-electron chi connectivity index (χ2n) is 12.2. The van der Waals surface area contributed by atoms with Crippen molar-refractivity contribution in [1.29, 1.82) is 0 Å². The van der Waals surface area contributed by atoms with Gasteiger partial charge in [-0.2, -0.15) is 11.8 Å². The molecule has 0 bridgehead atoms. The molecule has 0 aromatic heterocycles. The number of thioether (sulfide) groups is 1. The Kier molecular flexibility index (Phi) is 12.2. The molecule has 0 aliphatic carbocycles. The van der Waals surface area contributed by atoms with Gasteiger partial charge in [0.2, 0.25) is 0 Å². The maximum absolute atomic E-state index is 12.7. The summed E-state index contributed by atoms with van der Waals surface area (Å²) in [5, 5.41) is 24.6. The number of urea groups is 1. The largest absolute Gasteiger partial charge is 0.457 e. The van der Waals surface area contributed by atoms with Gasteiger partial charge in [0.05, 0.1) is 25.4 Å². The zero-order valence-corrected chi connectivity index (χ0v) is 28.7. The van der Waals surface area contributed by atoms with E-state index in [0.29, 0.717) is 23.7 Å². The highest BCUT2D eigenvalue weighted by Crippen LogP contribution is 2.42. The second kappa shape index (κ2) is 17.3. The van der Waals surface area contributed by atoms with Crippen LogP contribution in [-0.4, -0.2) is 40.5 Å². The summed E-state index contributed by atoms with van der Waals surface area (Å²) in [6.07, 6.45) is -0.804. The molecule has 0 radical (unpaired) electrons. The average Bonchev–Trinajstić information content (AvgIpc) is 3.16. The lowest BCUT2D eigenvalue weighted by atomic mass is 9.91. The Balaban J connectivity index is 1.07. The van der Waals surface area contributed by atoms with E-state index in [9.17, 15) is 15.0 Å². The van der Waals surface area contributed by atoms with E-state index in [1.165, 1.54) is 0 Å². The molecule has 1 aliphatic rings. The minimum Gasteiger partial charge on any atom is -0.457 e. The van der Waals surface area contributed by atoms with Gasteiger partial charge in [-0.05, 0) is 70.3 Å². The summed E-state index contributed by atoms with van der Waals surface area (Å²) >= 11 is 1.67. The summed E-state index contributed by atoms with van der Waals surface area (Å²) in [6, 6.07) is 40.7. The number of carbonyl (C=O) groups is 1. The topological polar surface area (TPSA) is 109 Å². The van der Waals surface area contributed by atoms with Crippen LogP contribution in [0.2, 0.25) is 0 Å². The molecule has 258 valence electrons. The van der Waals surface area contributed by atoms with Gasteiger partial charge in [0.25, 0.3) is 0 Å². The van der Waals surface area contributed by atoms with Crippen LogP contribution in [0.25, 0.3) is 11.1 Å². The van der Waals surface area contributed by atoms with Crippen LogP contribution >= 0.6 is 11.8 Å². The van der Waals surface area contributed by atoms with Crippen LogP contribution in [0.1, 0.15) is 41.6 Å². The highest BCUT2D eigenvalue weighted by Gasteiger charge is 2.38. The molecule has 5 aromatic carbocycles. The Labute approximate surface area is 297 Å². The van der Waals surface area contributed by atoms with Gasteiger partial charge in [0.15, 0.2) is 6.29 Å². The Morgan fingerprint density at radius 2 is 1.48 bits per heavy atom. The summed E-state index contributed by atoms with van der Waals surface area (Å²) in [7, 11) is 0. The van der Waals surface area contributed by atoms with E-state index in [1.54, 1.807) is 23.9 Å². The smallest absolute Gasteiger partial charge is 0.319 e. The number of ether oxygens (including phenoxy) is 3. The molecule has 1 saturated heterocycles. The van der Waals surface area contributed by atoms with Crippen molar-refractivity contribution in [1.82, 2.24) is 5.32 Å². The van der Waals surface area contributed by atoms with Crippen molar-refractivity contribution in [3.8, 4) is 22.6 Å². The van der Waals surface area contributed by atoms with Gasteiger partial charge in [-0.1, -0.05) is 91.9 Å². The number of aliphatic hydroxyl groups is 2. The molecule has 5 aromatic rings. The summed E-state index contributed by atoms with van der Waals surface area (Å²) in [4.78, 5) is 12.7. The van der Waals surface area contributed by atoms with Crippen molar-refractivity contribution < 1.29 is 29.2 Å². The van der Waals surface area contributed by atoms with Crippen molar-refractivity contribution in [2.24, 2.45) is 5.92 Å². The number of hydrogen-bond donors (Lipinski definition) is 4. The Hall–Kier alpha value is -4.64. The molecule has 1 heterocycles. The monoisotopic (exact) mass is 690 g/mol. The third-order valence-electron chi connectivity index (χ3n) is 8.63. The van der Waals surface area contributed by atoms with Gasteiger partial charge >= 0.3 is 6.03 Å². The molecule has 0 saturated carbocycles. The molecule has 8 nitrogen and oxygen atoms in total. The average molecular weight is 691 g/mol. The predicted molar refractivity (Wildman–Crippen MR) is 198 cm³/mol. The van der Waals surface area contributed by atoms with Crippen LogP contribution < -0.4 is 15.4 Å². The van der Waals surface area contributed by atoms with Gasteiger partial charge in [-0.25, -0.2) is 4.79 Å². The first kappa shape index (κ1) is 35.2. The number of anilines is 1. The first-order chi connectivity index (χ1) is 24.5. The van der Waals surface area contributed by atoms with Crippen molar-refractivity contribution in [2.75, 3.05) is 23.4 Å². The number of rotatable bonds is 13. The third-order valence-corrected chi connectivity index (χ3v) is 9.66. The van der Waals surface area contributed by atoms with Crippen molar-refractivity contribution in [3.63, 3.8) is 0 Å². The van der Waals surface area contributed by atoms with Crippen LogP contribution in [0.3, 0.4) is 0 Å². The Morgan fingerprint density at radius 3 is 2.20 bits per heavy atom. The lowest BCUT2D eigenvalue weighted by Gasteiger charge is -2.41. The Bertz CT molecular complexity index is 1800. The number of hydrogen-bond acceptors (Lipinski definition) is 7. The number of aliphatic hydroxyl groups excluding tert-OH is 2. The van der Waals surface area contributed by atoms with Crippen LogP contribution in [0.4, 0.5) is 10.5 Å². The molecule has 50 heavy (non-hydrogen) atoms. The van der Waals surface area contributed by atoms with E-state index >= 15 is 0 Å². The van der Waals surface area contributed by atoms with Crippen LogP contribution in [0, 0.1) is 5.92 Å². The molecule has 4 N–H and O–H groups in total. The lowest BCUT2D eigenvalue weighted by Crippen LogP contribution is -2.38.